The van der Waals surface area contributed by atoms with Gasteiger partial charge in [-0.2, -0.15) is 0 Å². The van der Waals surface area contributed by atoms with Gasteiger partial charge in [0.15, 0.2) is 17.7 Å². The SMILES string of the molecule is CC[C@H]1CN(c2coc3c(F)c(N4C[C@@H](C)O[C@H](C)C4)c(C=O)cc23)C(=O)S1. The lowest BCUT2D eigenvalue weighted by molar-refractivity contribution is -0.00542. The summed E-state index contributed by atoms with van der Waals surface area (Å²) < 4.78 is 26.7. The number of hydrogen-bond donors (Lipinski definition) is 0. The molecule has 4 rings (SSSR count). The number of hydrogen-bond acceptors (Lipinski definition) is 6. The zero-order valence-corrected chi connectivity index (χ0v) is 16.9. The molecule has 2 fully saturated rings. The molecule has 2 aliphatic heterocycles. The average Bonchev–Trinajstić information content (AvgIpc) is 3.23. The van der Waals surface area contributed by atoms with E-state index in [0.717, 1.165) is 6.42 Å². The number of amides is 1. The van der Waals surface area contributed by atoms with Gasteiger partial charge in [0.25, 0.3) is 5.24 Å². The summed E-state index contributed by atoms with van der Waals surface area (Å²) in [6, 6.07) is 1.63. The second-order valence-corrected chi connectivity index (χ2v) is 8.68. The third-order valence-corrected chi connectivity index (χ3v) is 6.51. The van der Waals surface area contributed by atoms with Crippen LogP contribution >= 0.6 is 11.8 Å². The Morgan fingerprint density at radius 2 is 2.00 bits per heavy atom. The van der Waals surface area contributed by atoms with Gasteiger partial charge in [-0.25, -0.2) is 4.39 Å². The van der Waals surface area contributed by atoms with Gasteiger partial charge in [-0.3, -0.25) is 14.5 Å². The number of fused-ring (bicyclic) bond motifs is 1. The number of anilines is 2. The maximum Gasteiger partial charge on any atom is 0.286 e. The molecule has 1 aromatic carbocycles. The number of furan rings is 1. The third kappa shape index (κ3) is 3.18. The van der Waals surface area contributed by atoms with E-state index in [1.165, 1.54) is 18.0 Å². The van der Waals surface area contributed by atoms with Crippen molar-refractivity contribution in [1.82, 2.24) is 0 Å². The molecule has 0 unspecified atom stereocenters. The lowest BCUT2D eigenvalue weighted by atomic mass is 10.1. The Balaban J connectivity index is 1.79. The largest absolute Gasteiger partial charge is 0.459 e. The number of nitrogens with zero attached hydrogens (tertiary/aromatic N) is 2. The lowest BCUT2D eigenvalue weighted by Crippen LogP contribution is -2.46. The van der Waals surface area contributed by atoms with Crippen LogP contribution in [0.1, 0.15) is 37.6 Å². The van der Waals surface area contributed by atoms with Gasteiger partial charge in [-0.15, -0.1) is 0 Å². The van der Waals surface area contributed by atoms with Crippen LogP contribution in [0.3, 0.4) is 0 Å². The highest BCUT2D eigenvalue weighted by Crippen LogP contribution is 2.41. The summed E-state index contributed by atoms with van der Waals surface area (Å²) in [5.74, 6) is -0.571. The van der Waals surface area contributed by atoms with Gasteiger partial charge in [-0.1, -0.05) is 18.7 Å². The van der Waals surface area contributed by atoms with Crippen LogP contribution in [0.5, 0.6) is 0 Å². The predicted molar refractivity (Wildman–Crippen MR) is 108 cm³/mol. The fourth-order valence-electron chi connectivity index (χ4n) is 4.04. The van der Waals surface area contributed by atoms with Crippen molar-refractivity contribution in [1.29, 1.82) is 0 Å². The minimum atomic E-state index is -0.571. The molecule has 2 saturated heterocycles. The molecular weight excluding hydrogens is 383 g/mol. The second kappa shape index (κ2) is 7.40. The molecule has 0 N–H and O–H groups in total. The van der Waals surface area contributed by atoms with Crippen LogP contribution in [-0.4, -0.2) is 48.6 Å². The molecule has 8 heteroatoms. The van der Waals surface area contributed by atoms with Crippen molar-refractivity contribution < 1.29 is 23.1 Å². The summed E-state index contributed by atoms with van der Waals surface area (Å²) in [5.41, 5.74) is 1.07. The number of thioether (sulfide) groups is 1. The molecule has 0 radical (unpaired) electrons. The van der Waals surface area contributed by atoms with Crippen molar-refractivity contribution >= 4 is 45.6 Å². The van der Waals surface area contributed by atoms with Crippen molar-refractivity contribution in [3.05, 3.63) is 23.7 Å². The molecule has 0 aliphatic carbocycles. The smallest absolute Gasteiger partial charge is 0.286 e. The van der Waals surface area contributed by atoms with E-state index in [-0.39, 0.29) is 39.5 Å². The zero-order chi connectivity index (χ0) is 20.0. The van der Waals surface area contributed by atoms with Crippen LogP contribution in [0.25, 0.3) is 11.0 Å². The molecule has 0 bridgehead atoms. The monoisotopic (exact) mass is 406 g/mol. The van der Waals surface area contributed by atoms with Crippen LogP contribution in [0, 0.1) is 5.82 Å². The Bertz CT molecular complexity index is 921. The molecule has 3 heterocycles. The van der Waals surface area contributed by atoms with E-state index < -0.39 is 5.82 Å². The molecule has 0 spiro atoms. The highest BCUT2D eigenvalue weighted by atomic mass is 32.2. The molecule has 150 valence electrons. The van der Waals surface area contributed by atoms with Crippen LogP contribution in [0.2, 0.25) is 0 Å². The normalized spacial score (nSPS) is 25.7. The summed E-state index contributed by atoms with van der Waals surface area (Å²) >= 11 is 1.28. The van der Waals surface area contributed by atoms with E-state index in [1.54, 1.807) is 11.0 Å². The van der Waals surface area contributed by atoms with E-state index in [0.29, 0.717) is 37.0 Å². The summed E-state index contributed by atoms with van der Waals surface area (Å²) in [5, 5.41) is 0.564. The highest BCUT2D eigenvalue weighted by molar-refractivity contribution is 8.14. The number of benzene rings is 1. The number of carbonyl (C=O) groups is 2. The molecule has 1 amide bonds. The fraction of sp³-hybridized carbons (Fsp3) is 0.500. The summed E-state index contributed by atoms with van der Waals surface area (Å²) in [7, 11) is 0. The average molecular weight is 406 g/mol. The first kappa shape index (κ1) is 19.3. The summed E-state index contributed by atoms with van der Waals surface area (Å²) in [6.07, 6.45) is 2.79. The molecule has 2 aromatic rings. The minimum absolute atomic E-state index is 0.0696. The van der Waals surface area contributed by atoms with Gasteiger partial charge in [0, 0.05) is 35.8 Å². The Hall–Kier alpha value is -2.06. The predicted octanol–water partition coefficient (Wildman–Crippen LogP) is 4.45. The number of rotatable bonds is 4. The zero-order valence-electron chi connectivity index (χ0n) is 16.1. The number of aldehydes is 1. The van der Waals surface area contributed by atoms with Crippen LogP contribution in [0.15, 0.2) is 16.7 Å². The Kier molecular flexibility index (Phi) is 5.09. The van der Waals surface area contributed by atoms with Crippen molar-refractivity contribution in [3.63, 3.8) is 0 Å². The van der Waals surface area contributed by atoms with Crippen LogP contribution in [-0.2, 0) is 4.74 Å². The van der Waals surface area contributed by atoms with Crippen LogP contribution < -0.4 is 9.80 Å². The lowest BCUT2D eigenvalue weighted by Gasteiger charge is -2.37. The number of morpholine rings is 1. The first-order valence-electron chi connectivity index (χ1n) is 9.50. The fourth-order valence-corrected chi connectivity index (χ4v) is 5.01. The minimum Gasteiger partial charge on any atom is -0.459 e. The van der Waals surface area contributed by atoms with Gasteiger partial charge in [0.05, 0.1) is 23.6 Å². The van der Waals surface area contributed by atoms with Gasteiger partial charge in [0.2, 0.25) is 0 Å². The third-order valence-electron chi connectivity index (χ3n) is 5.27. The first-order valence-corrected chi connectivity index (χ1v) is 10.4. The van der Waals surface area contributed by atoms with Gasteiger partial charge in [-0.05, 0) is 26.3 Å². The van der Waals surface area contributed by atoms with Crippen LogP contribution in [0.4, 0.5) is 20.6 Å². The van der Waals surface area contributed by atoms with Crippen molar-refractivity contribution in [2.45, 2.75) is 44.6 Å². The Labute approximate surface area is 167 Å². The van der Waals surface area contributed by atoms with Crippen molar-refractivity contribution in [2.24, 2.45) is 0 Å². The standard InChI is InChI=1S/C20H23FN2O4S/c1-4-14-8-23(20(25)28-14)16-10-26-19-15(16)5-13(9-24)18(17(19)21)22-6-11(2)27-12(3)7-22/h5,9-12,14H,4,6-8H2,1-3H3/t11-,12-,14+/m1/s1. The molecule has 6 nitrogen and oxygen atoms in total. The Morgan fingerprint density at radius 1 is 1.29 bits per heavy atom. The molecular formula is C20H23FN2O4S. The first-order chi connectivity index (χ1) is 13.4. The van der Waals surface area contributed by atoms with E-state index >= 15 is 4.39 Å². The van der Waals surface area contributed by atoms with Gasteiger partial charge >= 0.3 is 0 Å². The van der Waals surface area contributed by atoms with E-state index in [4.69, 9.17) is 9.15 Å². The molecule has 3 atom stereocenters. The van der Waals surface area contributed by atoms with Crippen molar-refractivity contribution in [2.75, 3.05) is 29.4 Å². The van der Waals surface area contributed by atoms with E-state index in [2.05, 4.69) is 0 Å². The number of halogens is 1. The molecule has 28 heavy (non-hydrogen) atoms. The topological polar surface area (TPSA) is 63.0 Å². The number of carbonyl (C=O) groups excluding carboxylic acids is 2. The maximum atomic E-state index is 15.5. The highest BCUT2D eigenvalue weighted by Gasteiger charge is 2.34. The van der Waals surface area contributed by atoms with E-state index in [9.17, 15) is 9.59 Å². The molecule has 2 aliphatic rings. The Morgan fingerprint density at radius 3 is 2.61 bits per heavy atom. The summed E-state index contributed by atoms with van der Waals surface area (Å²) in [6.45, 7) is 7.40. The van der Waals surface area contributed by atoms with Gasteiger partial charge in [0.1, 0.15) is 6.26 Å². The maximum absolute atomic E-state index is 15.5. The summed E-state index contributed by atoms with van der Waals surface area (Å²) in [4.78, 5) is 27.6. The second-order valence-electron chi connectivity index (χ2n) is 7.43. The molecule has 1 aromatic heterocycles. The van der Waals surface area contributed by atoms with Gasteiger partial charge < -0.3 is 14.1 Å². The number of ether oxygens (including phenoxy) is 1. The quantitative estimate of drug-likeness (QED) is 0.699. The van der Waals surface area contributed by atoms with E-state index in [1.807, 2.05) is 25.7 Å². The molecule has 0 saturated carbocycles. The van der Waals surface area contributed by atoms with Crippen molar-refractivity contribution in [3.8, 4) is 0 Å².